The number of halogens is 2. The van der Waals surface area contributed by atoms with E-state index in [-0.39, 0.29) is 10.9 Å². The smallest absolute Gasteiger partial charge is 0.235 e. The minimum absolute atomic E-state index is 0.275. The predicted molar refractivity (Wildman–Crippen MR) is 123 cm³/mol. The summed E-state index contributed by atoms with van der Waals surface area (Å²) in [6, 6.07) is 4.74. The van der Waals surface area contributed by atoms with Crippen LogP contribution < -0.4 is 5.32 Å². The summed E-state index contributed by atoms with van der Waals surface area (Å²) in [7, 11) is 1.82. The molecule has 2 atom stereocenters. The Balaban J connectivity index is 1.38. The zero-order valence-electron chi connectivity index (χ0n) is 18.6. The van der Waals surface area contributed by atoms with Crippen LogP contribution in [0.1, 0.15) is 36.2 Å². The Morgan fingerprint density at radius 2 is 2.00 bits per heavy atom. The minimum atomic E-state index is -0.705. The van der Waals surface area contributed by atoms with Crippen LogP contribution in [0, 0.1) is 5.95 Å². The maximum atomic E-state index is 14.1. The normalized spacial score (nSPS) is 19.3. The highest BCUT2D eigenvalue weighted by Crippen LogP contribution is 2.49. The number of fused-ring (bicyclic) bond motifs is 3. The van der Waals surface area contributed by atoms with Gasteiger partial charge in [-0.15, -0.1) is 9.90 Å². The lowest BCUT2D eigenvalue weighted by atomic mass is 9.82. The van der Waals surface area contributed by atoms with Crippen LogP contribution in [0.3, 0.4) is 0 Å². The molecule has 1 aliphatic rings. The molecule has 176 valence electrons. The Morgan fingerprint density at radius 1 is 1.20 bits per heavy atom. The first kappa shape index (κ1) is 21.4. The molecule has 5 aromatic rings. The molecule has 0 bridgehead atoms. The lowest BCUT2D eigenvalue weighted by Crippen LogP contribution is -2.26. The van der Waals surface area contributed by atoms with Crippen molar-refractivity contribution in [2.45, 2.75) is 24.7 Å². The standard InChI is InChI=1S/C22H18ClFN10O/c1-22(16-3-6-32(2)30-16)9-13(14-11-25-18-8-17(24)31-33(18)19(14)22)21(35)29-12-7-15(23)20(26-10-12)34-27-4-5-28-34/h3-8,10-11,13H,9H2,1-2H3,(H,29,35)/t13-,22+/m1/s1. The molecule has 5 heterocycles. The Bertz CT molecular complexity index is 1590. The van der Waals surface area contributed by atoms with Crippen LogP contribution in [-0.4, -0.2) is 50.3 Å². The minimum Gasteiger partial charge on any atom is -0.324 e. The first-order chi connectivity index (χ1) is 16.8. The van der Waals surface area contributed by atoms with Gasteiger partial charge in [-0.25, -0.2) is 14.5 Å². The number of aryl methyl sites for hydroxylation is 1. The quantitative estimate of drug-likeness (QED) is 0.409. The second-order valence-electron chi connectivity index (χ2n) is 8.60. The van der Waals surface area contributed by atoms with Gasteiger partial charge in [0.25, 0.3) is 0 Å². The van der Waals surface area contributed by atoms with Crippen molar-refractivity contribution in [3.63, 3.8) is 0 Å². The second kappa shape index (κ2) is 7.67. The number of carbonyl (C=O) groups is 1. The van der Waals surface area contributed by atoms with Crippen molar-refractivity contribution in [3.8, 4) is 5.82 Å². The third kappa shape index (κ3) is 3.36. The number of nitrogens with one attached hydrogen (secondary N) is 1. The molecule has 13 heteroatoms. The molecule has 0 fully saturated rings. The van der Waals surface area contributed by atoms with Gasteiger partial charge in [0.15, 0.2) is 11.5 Å². The van der Waals surface area contributed by atoms with Crippen LogP contribution in [0.4, 0.5) is 10.1 Å². The first-order valence-electron chi connectivity index (χ1n) is 10.7. The van der Waals surface area contributed by atoms with Crippen LogP contribution in [-0.2, 0) is 17.3 Å². The fourth-order valence-corrected chi connectivity index (χ4v) is 4.95. The van der Waals surface area contributed by atoms with E-state index in [0.29, 0.717) is 34.8 Å². The van der Waals surface area contributed by atoms with E-state index >= 15 is 0 Å². The van der Waals surface area contributed by atoms with Gasteiger partial charge in [0.05, 0.1) is 52.0 Å². The van der Waals surface area contributed by atoms with Crippen molar-refractivity contribution >= 4 is 28.8 Å². The average molecular weight is 493 g/mol. The van der Waals surface area contributed by atoms with E-state index in [2.05, 4.69) is 35.7 Å². The van der Waals surface area contributed by atoms with E-state index < -0.39 is 17.3 Å². The largest absolute Gasteiger partial charge is 0.324 e. The molecule has 1 aliphatic carbocycles. The number of rotatable bonds is 4. The molecular formula is C22H18ClFN10O. The third-order valence-corrected chi connectivity index (χ3v) is 6.56. The average Bonchev–Trinajstić information content (AvgIpc) is 3.60. The summed E-state index contributed by atoms with van der Waals surface area (Å²) in [4.78, 5) is 23.4. The van der Waals surface area contributed by atoms with Gasteiger partial charge in [-0.3, -0.25) is 9.48 Å². The summed E-state index contributed by atoms with van der Waals surface area (Å²) in [6.45, 7) is 1.98. The summed E-state index contributed by atoms with van der Waals surface area (Å²) >= 11 is 6.36. The number of hydrogen-bond donors (Lipinski definition) is 1. The molecule has 0 aromatic carbocycles. The zero-order chi connectivity index (χ0) is 24.3. The summed E-state index contributed by atoms with van der Waals surface area (Å²) in [5, 5.41) is 19.8. The fraction of sp³-hybridized carbons (Fsp3) is 0.227. The van der Waals surface area contributed by atoms with Crippen LogP contribution >= 0.6 is 11.6 Å². The molecule has 0 saturated heterocycles. The van der Waals surface area contributed by atoms with Crippen LogP contribution in [0.5, 0.6) is 0 Å². The molecule has 1 N–H and O–H groups in total. The Kier molecular flexibility index (Phi) is 4.68. The summed E-state index contributed by atoms with van der Waals surface area (Å²) in [5.41, 5.74) is 2.17. The molecular weight excluding hydrogens is 475 g/mol. The number of nitrogens with zero attached hydrogens (tertiary/aromatic N) is 9. The number of anilines is 1. The predicted octanol–water partition coefficient (Wildman–Crippen LogP) is 2.66. The molecule has 1 amide bonds. The van der Waals surface area contributed by atoms with E-state index in [4.69, 9.17) is 11.6 Å². The molecule has 0 unspecified atom stereocenters. The molecule has 0 saturated carbocycles. The van der Waals surface area contributed by atoms with Gasteiger partial charge in [0, 0.05) is 31.1 Å². The highest BCUT2D eigenvalue weighted by Gasteiger charge is 2.48. The van der Waals surface area contributed by atoms with Crippen molar-refractivity contribution in [1.82, 2.24) is 44.4 Å². The van der Waals surface area contributed by atoms with Crippen LogP contribution in [0.15, 0.2) is 49.2 Å². The summed E-state index contributed by atoms with van der Waals surface area (Å²) in [5.74, 6) is -1.17. The van der Waals surface area contributed by atoms with Crippen molar-refractivity contribution in [2.75, 3.05) is 5.32 Å². The van der Waals surface area contributed by atoms with Gasteiger partial charge in [-0.1, -0.05) is 11.6 Å². The second-order valence-corrected chi connectivity index (χ2v) is 9.01. The first-order valence-corrected chi connectivity index (χ1v) is 11.1. The SMILES string of the molecule is Cn1ccc([C@]2(C)C[C@@H](C(=O)Nc3cnc(-n4nccn4)c(Cl)c3)c3cnc4cc(F)nn4c32)n1. The maximum Gasteiger partial charge on any atom is 0.235 e. The van der Waals surface area contributed by atoms with Crippen LogP contribution in [0.25, 0.3) is 11.5 Å². The Morgan fingerprint density at radius 3 is 2.71 bits per heavy atom. The van der Waals surface area contributed by atoms with Gasteiger partial charge >= 0.3 is 0 Å². The fourth-order valence-electron chi connectivity index (χ4n) is 4.71. The highest BCUT2D eigenvalue weighted by atomic mass is 35.5. The number of aromatic nitrogens is 9. The van der Waals surface area contributed by atoms with E-state index in [1.807, 2.05) is 26.2 Å². The monoisotopic (exact) mass is 492 g/mol. The van der Waals surface area contributed by atoms with Gasteiger partial charge in [0.2, 0.25) is 11.9 Å². The number of carbonyl (C=O) groups excluding carboxylic acids is 1. The summed E-state index contributed by atoms with van der Waals surface area (Å²) in [6.07, 6.45) is 8.35. The molecule has 0 aliphatic heterocycles. The Labute approximate surface area is 202 Å². The van der Waals surface area contributed by atoms with Crippen molar-refractivity contribution < 1.29 is 9.18 Å². The van der Waals surface area contributed by atoms with Gasteiger partial charge in [-0.2, -0.15) is 19.7 Å². The lowest BCUT2D eigenvalue weighted by Gasteiger charge is -2.23. The van der Waals surface area contributed by atoms with Crippen molar-refractivity contribution in [3.05, 3.63) is 77.1 Å². The third-order valence-electron chi connectivity index (χ3n) is 6.29. The van der Waals surface area contributed by atoms with Crippen molar-refractivity contribution in [2.24, 2.45) is 7.05 Å². The zero-order valence-corrected chi connectivity index (χ0v) is 19.3. The topological polar surface area (TPSA) is 121 Å². The van der Waals surface area contributed by atoms with Crippen LogP contribution in [0.2, 0.25) is 5.02 Å². The van der Waals surface area contributed by atoms with Gasteiger partial charge in [-0.05, 0) is 25.5 Å². The highest BCUT2D eigenvalue weighted by molar-refractivity contribution is 6.32. The number of hydrogen-bond acceptors (Lipinski definition) is 7. The molecule has 0 radical (unpaired) electrons. The number of amides is 1. The van der Waals surface area contributed by atoms with Gasteiger partial charge in [0.1, 0.15) is 0 Å². The molecule has 0 spiro atoms. The van der Waals surface area contributed by atoms with Crippen molar-refractivity contribution in [1.29, 1.82) is 0 Å². The van der Waals surface area contributed by atoms with E-state index in [9.17, 15) is 9.18 Å². The molecule has 11 nitrogen and oxygen atoms in total. The number of pyridine rings is 1. The molecule has 6 rings (SSSR count). The van der Waals surface area contributed by atoms with E-state index in [1.165, 1.54) is 34.0 Å². The molecule has 35 heavy (non-hydrogen) atoms. The Hall–Kier alpha value is -4.19. The van der Waals surface area contributed by atoms with E-state index in [1.54, 1.807) is 16.9 Å². The lowest BCUT2D eigenvalue weighted by molar-refractivity contribution is -0.117. The maximum absolute atomic E-state index is 14.1. The van der Waals surface area contributed by atoms with Gasteiger partial charge < -0.3 is 5.32 Å². The van der Waals surface area contributed by atoms with E-state index in [0.717, 1.165) is 5.69 Å². The summed E-state index contributed by atoms with van der Waals surface area (Å²) < 4.78 is 17.2. The molecule has 5 aromatic heterocycles.